The van der Waals surface area contributed by atoms with Crippen molar-refractivity contribution in [2.75, 3.05) is 0 Å². The number of halogens is 4. The maximum absolute atomic E-state index is 11.1. The molecule has 13 heavy (non-hydrogen) atoms. The Morgan fingerprint density at radius 3 is 2.08 bits per heavy atom. The minimum Gasteiger partial charge on any atom is -0.294 e. The van der Waals surface area contributed by atoms with Crippen LogP contribution >= 0.6 is 46.4 Å². The molecule has 0 fully saturated rings. The first-order chi connectivity index (χ1) is 5.95. The molecule has 1 aromatic carbocycles. The fourth-order valence-corrected chi connectivity index (χ4v) is 2.07. The molecule has 1 rings (SSSR count). The van der Waals surface area contributed by atoms with Crippen LogP contribution in [0.4, 0.5) is 0 Å². The van der Waals surface area contributed by atoms with Gasteiger partial charge >= 0.3 is 0 Å². The molecule has 0 aromatic heterocycles. The van der Waals surface area contributed by atoms with Crippen molar-refractivity contribution >= 4 is 52.2 Å². The quantitative estimate of drug-likeness (QED) is 0.411. The smallest absolute Gasteiger partial charge is 0.162 e. The van der Waals surface area contributed by atoms with Gasteiger partial charge in [-0.1, -0.05) is 46.4 Å². The molecule has 0 aliphatic carbocycles. The molecule has 0 N–H and O–H groups in total. The van der Waals surface area contributed by atoms with E-state index in [9.17, 15) is 4.79 Å². The van der Waals surface area contributed by atoms with Gasteiger partial charge in [0, 0.05) is 0 Å². The summed E-state index contributed by atoms with van der Waals surface area (Å²) in [6.07, 6.45) is 0. The molecule has 0 aliphatic rings. The molecule has 0 radical (unpaired) electrons. The number of benzene rings is 1. The second kappa shape index (κ2) is 4.05. The predicted molar refractivity (Wildman–Crippen MR) is 56.5 cm³/mol. The predicted octanol–water partition coefficient (Wildman–Crippen LogP) is 4.50. The lowest BCUT2D eigenvalue weighted by Crippen LogP contribution is -1.95. The van der Waals surface area contributed by atoms with Crippen molar-refractivity contribution in [3.8, 4) is 0 Å². The average Bonchev–Trinajstić information content (AvgIpc) is 1.99. The minimum absolute atomic E-state index is 0.103. The van der Waals surface area contributed by atoms with E-state index in [4.69, 9.17) is 46.4 Å². The van der Waals surface area contributed by atoms with Crippen LogP contribution in [0.1, 0.15) is 17.3 Å². The first-order valence-electron chi connectivity index (χ1n) is 3.29. The van der Waals surface area contributed by atoms with Crippen LogP contribution in [0.25, 0.3) is 0 Å². The third kappa shape index (κ3) is 2.10. The Morgan fingerprint density at radius 2 is 1.62 bits per heavy atom. The van der Waals surface area contributed by atoms with Gasteiger partial charge in [0.25, 0.3) is 0 Å². The normalized spacial score (nSPS) is 10.2. The van der Waals surface area contributed by atoms with Gasteiger partial charge in [0.1, 0.15) is 0 Å². The van der Waals surface area contributed by atoms with E-state index in [0.29, 0.717) is 0 Å². The second-order valence-corrected chi connectivity index (χ2v) is 3.97. The third-order valence-electron chi connectivity index (χ3n) is 1.47. The van der Waals surface area contributed by atoms with Crippen molar-refractivity contribution in [2.45, 2.75) is 6.92 Å². The number of rotatable bonds is 1. The van der Waals surface area contributed by atoms with Crippen LogP contribution in [0.5, 0.6) is 0 Å². The zero-order valence-electron chi connectivity index (χ0n) is 6.50. The molecule has 0 aliphatic heterocycles. The van der Waals surface area contributed by atoms with Crippen LogP contribution in [-0.4, -0.2) is 5.78 Å². The van der Waals surface area contributed by atoms with E-state index < -0.39 is 0 Å². The number of Topliss-reactive ketones (excluding diaryl/α,β-unsaturated/α-hetero) is 1. The van der Waals surface area contributed by atoms with Crippen molar-refractivity contribution < 1.29 is 4.79 Å². The van der Waals surface area contributed by atoms with E-state index in [1.54, 1.807) is 0 Å². The molecule has 0 atom stereocenters. The van der Waals surface area contributed by atoms with Crippen molar-refractivity contribution in [3.63, 3.8) is 0 Å². The Kier molecular flexibility index (Phi) is 3.47. The second-order valence-electron chi connectivity index (χ2n) is 2.40. The minimum atomic E-state index is -0.242. The number of ketones is 1. The standard InChI is InChI=1S/C8H4Cl4O/c1-3(13)6-4(9)2-5(10)7(11)8(6)12/h2H,1H3. The fraction of sp³-hybridized carbons (Fsp3) is 0.125. The number of hydrogen-bond acceptors (Lipinski definition) is 1. The fourth-order valence-electron chi connectivity index (χ4n) is 0.889. The molecule has 0 saturated carbocycles. The van der Waals surface area contributed by atoms with Gasteiger partial charge in [-0.05, 0) is 13.0 Å². The molecule has 0 heterocycles. The molecule has 0 spiro atoms. The lowest BCUT2D eigenvalue weighted by molar-refractivity contribution is 0.101. The lowest BCUT2D eigenvalue weighted by atomic mass is 10.1. The van der Waals surface area contributed by atoms with Crippen LogP contribution in [0.15, 0.2) is 6.07 Å². The van der Waals surface area contributed by atoms with Gasteiger partial charge in [0.2, 0.25) is 0 Å². The van der Waals surface area contributed by atoms with E-state index in [1.807, 2.05) is 0 Å². The summed E-state index contributed by atoms with van der Waals surface area (Å²) in [4.78, 5) is 11.1. The molecule has 5 heteroatoms. The van der Waals surface area contributed by atoms with Crippen LogP contribution in [0, 0.1) is 0 Å². The highest BCUT2D eigenvalue weighted by atomic mass is 35.5. The van der Waals surface area contributed by atoms with Gasteiger partial charge in [-0.25, -0.2) is 0 Å². The van der Waals surface area contributed by atoms with E-state index >= 15 is 0 Å². The van der Waals surface area contributed by atoms with Gasteiger partial charge in [0.15, 0.2) is 5.78 Å². The molecule has 1 aromatic rings. The summed E-state index contributed by atoms with van der Waals surface area (Å²) in [5, 5.41) is 0.707. The SMILES string of the molecule is CC(=O)c1c(Cl)cc(Cl)c(Cl)c1Cl. The van der Waals surface area contributed by atoms with Crippen molar-refractivity contribution in [3.05, 3.63) is 31.7 Å². The van der Waals surface area contributed by atoms with Crippen LogP contribution in [0.2, 0.25) is 20.1 Å². The molecular formula is C8H4Cl4O. The summed E-state index contributed by atoms with van der Waals surface area (Å²) in [7, 11) is 0. The van der Waals surface area contributed by atoms with Gasteiger partial charge < -0.3 is 0 Å². The maximum atomic E-state index is 11.1. The summed E-state index contributed by atoms with van der Waals surface area (Å²) in [5.74, 6) is -0.242. The van der Waals surface area contributed by atoms with E-state index in [-0.39, 0.29) is 31.4 Å². The molecule has 0 unspecified atom stereocenters. The van der Waals surface area contributed by atoms with E-state index in [2.05, 4.69) is 0 Å². The number of hydrogen-bond donors (Lipinski definition) is 0. The van der Waals surface area contributed by atoms with Gasteiger partial charge in [0.05, 0.1) is 25.7 Å². The zero-order chi connectivity index (χ0) is 10.2. The average molecular weight is 258 g/mol. The monoisotopic (exact) mass is 256 g/mol. The zero-order valence-corrected chi connectivity index (χ0v) is 9.52. The van der Waals surface area contributed by atoms with Gasteiger partial charge in [-0.15, -0.1) is 0 Å². The topological polar surface area (TPSA) is 17.1 Å². The summed E-state index contributed by atoms with van der Waals surface area (Å²) >= 11 is 22.9. The van der Waals surface area contributed by atoms with E-state index in [0.717, 1.165) is 0 Å². The highest BCUT2D eigenvalue weighted by Gasteiger charge is 2.16. The largest absolute Gasteiger partial charge is 0.294 e. The number of carbonyl (C=O) groups is 1. The summed E-state index contributed by atoms with van der Waals surface area (Å²) in [6, 6.07) is 1.40. The highest BCUT2D eigenvalue weighted by Crippen LogP contribution is 2.37. The Balaban J connectivity index is 3.53. The van der Waals surface area contributed by atoms with Gasteiger partial charge in [-0.2, -0.15) is 0 Å². The Bertz CT molecular complexity index is 373. The molecule has 70 valence electrons. The van der Waals surface area contributed by atoms with Crippen molar-refractivity contribution in [1.29, 1.82) is 0 Å². The molecule has 1 nitrogen and oxygen atoms in total. The Labute approximate surface area is 95.5 Å². The van der Waals surface area contributed by atoms with Crippen molar-refractivity contribution in [2.24, 2.45) is 0 Å². The Morgan fingerprint density at radius 1 is 1.08 bits per heavy atom. The third-order valence-corrected chi connectivity index (χ3v) is 3.03. The maximum Gasteiger partial charge on any atom is 0.162 e. The first kappa shape index (κ1) is 11.1. The van der Waals surface area contributed by atoms with E-state index in [1.165, 1.54) is 13.0 Å². The number of carbonyl (C=O) groups excluding carboxylic acids is 1. The first-order valence-corrected chi connectivity index (χ1v) is 4.80. The molecule has 0 saturated heterocycles. The summed E-state index contributed by atoms with van der Waals surface area (Å²) < 4.78 is 0. The lowest BCUT2D eigenvalue weighted by Gasteiger charge is -2.06. The summed E-state index contributed by atoms with van der Waals surface area (Å²) in [6.45, 7) is 1.36. The van der Waals surface area contributed by atoms with Crippen LogP contribution < -0.4 is 0 Å². The molecular weight excluding hydrogens is 254 g/mol. The summed E-state index contributed by atoms with van der Waals surface area (Å²) in [5.41, 5.74) is 0.206. The highest BCUT2D eigenvalue weighted by molar-refractivity contribution is 6.51. The molecule has 0 bridgehead atoms. The van der Waals surface area contributed by atoms with Crippen LogP contribution in [0.3, 0.4) is 0 Å². The van der Waals surface area contributed by atoms with Crippen molar-refractivity contribution in [1.82, 2.24) is 0 Å². The van der Waals surface area contributed by atoms with Gasteiger partial charge in [-0.3, -0.25) is 4.79 Å². The Hall–Kier alpha value is 0.0500. The van der Waals surface area contributed by atoms with Crippen LogP contribution in [-0.2, 0) is 0 Å². The molecule has 0 amide bonds.